The van der Waals surface area contributed by atoms with Crippen LogP contribution in [0, 0.1) is 11.6 Å². The lowest BCUT2D eigenvalue weighted by molar-refractivity contribution is 0.0916. The maximum absolute atomic E-state index is 13.4. The van der Waals surface area contributed by atoms with E-state index in [9.17, 15) is 23.8 Å². The van der Waals surface area contributed by atoms with Crippen LogP contribution in [-0.4, -0.2) is 22.6 Å². The van der Waals surface area contributed by atoms with Crippen LogP contribution in [0.1, 0.15) is 22.8 Å². The number of halogens is 2. The van der Waals surface area contributed by atoms with Crippen molar-refractivity contribution in [3.05, 3.63) is 53.1 Å². The molecule has 2 aromatic carbocycles. The lowest BCUT2D eigenvalue weighted by Crippen LogP contribution is -2.13. The van der Waals surface area contributed by atoms with Gasteiger partial charge in [-0.1, -0.05) is 6.92 Å². The number of aromatic hydroxyl groups is 2. The zero-order chi connectivity index (χ0) is 16.3. The maximum atomic E-state index is 13.4. The Labute approximate surface area is 125 Å². The maximum Gasteiger partial charge on any atom is 0.203 e. The number of ketones is 1. The van der Waals surface area contributed by atoms with Crippen molar-refractivity contribution in [2.24, 2.45) is 0 Å². The predicted molar refractivity (Wildman–Crippen MR) is 75.3 cm³/mol. The molecule has 0 fully saturated rings. The Balaban J connectivity index is 2.16. The van der Waals surface area contributed by atoms with E-state index in [2.05, 4.69) is 0 Å². The number of hydrogen-bond donors (Lipinski definition) is 2. The Morgan fingerprint density at radius 1 is 1.14 bits per heavy atom. The molecule has 4 nitrogen and oxygen atoms in total. The predicted octanol–water partition coefficient (Wildman–Crippen LogP) is 3.20. The Kier molecular flexibility index (Phi) is 4.60. The SMILES string of the molecule is CCc1cc(C(=O)COc2ccc(F)cc2F)c(O)cc1O. The molecule has 2 aromatic rings. The van der Waals surface area contributed by atoms with Gasteiger partial charge in [-0.05, 0) is 30.2 Å². The van der Waals surface area contributed by atoms with Gasteiger partial charge in [0.05, 0.1) is 5.56 Å². The highest BCUT2D eigenvalue weighted by Crippen LogP contribution is 2.28. The summed E-state index contributed by atoms with van der Waals surface area (Å²) in [4.78, 5) is 12.0. The smallest absolute Gasteiger partial charge is 0.203 e. The molecule has 116 valence electrons. The van der Waals surface area contributed by atoms with E-state index >= 15 is 0 Å². The van der Waals surface area contributed by atoms with Crippen LogP contribution in [-0.2, 0) is 6.42 Å². The van der Waals surface area contributed by atoms with Crippen molar-refractivity contribution < 1.29 is 28.5 Å². The van der Waals surface area contributed by atoms with Crippen molar-refractivity contribution in [2.45, 2.75) is 13.3 Å². The summed E-state index contributed by atoms with van der Waals surface area (Å²) in [5, 5.41) is 19.3. The van der Waals surface area contributed by atoms with Crippen LogP contribution in [0.25, 0.3) is 0 Å². The molecular formula is C16H14F2O4. The van der Waals surface area contributed by atoms with Gasteiger partial charge in [0.1, 0.15) is 17.3 Å². The number of hydrogen-bond acceptors (Lipinski definition) is 4. The summed E-state index contributed by atoms with van der Waals surface area (Å²) in [5.41, 5.74) is 0.464. The minimum absolute atomic E-state index is 0.0304. The van der Waals surface area contributed by atoms with Crippen LogP contribution in [0.3, 0.4) is 0 Å². The second-order valence-corrected chi connectivity index (χ2v) is 4.64. The standard InChI is InChI=1S/C16H14F2O4/c1-2-9-5-11(14(20)7-13(9)19)15(21)8-22-16-4-3-10(17)6-12(16)18/h3-7,19-20H,2,8H2,1H3. The van der Waals surface area contributed by atoms with Gasteiger partial charge in [-0.15, -0.1) is 0 Å². The first kappa shape index (κ1) is 15.8. The van der Waals surface area contributed by atoms with Crippen molar-refractivity contribution in [3.8, 4) is 17.2 Å². The van der Waals surface area contributed by atoms with E-state index in [4.69, 9.17) is 4.74 Å². The van der Waals surface area contributed by atoms with Gasteiger partial charge in [-0.2, -0.15) is 0 Å². The third kappa shape index (κ3) is 3.33. The number of rotatable bonds is 5. The molecule has 0 aliphatic rings. The molecule has 0 amide bonds. The molecule has 0 saturated heterocycles. The summed E-state index contributed by atoms with van der Waals surface area (Å²) in [5.74, 6) is -3.01. The minimum Gasteiger partial charge on any atom is -0.508 e. The van der Waals surface area contributed by atoms with Crippen LogP contribution >= 0.6 is 0 Å². The third-order valence-corrected chi connectivity index (χ3v) is 3.13. The largest absolute Gasteiger partial charge is 0.508 e. The third-order valence-electron chi connectivity index (χ3n) is 3.13. The lowest BCUT2D eigenvalue weighted by Gasteiger charge is -2.10. The van der Waals surface area contributed by atoms with Gasteiger partial charge in [0.25, 0.3) is 0 Å². The van der Waals surface area contributed by atoms with Gasteiger partial charge < -0.3 is 14.9 Å². The van der Waals surface area contributed by atoms with Crippen LogP contribution in [0.5, 0.6) is 17.2 Å². The van der Waals surface area contributed by atoms with Crippen LogP contribution < -0.4 is 4.74 Å². The normalized spacial score (nSPS) is 10.5. The molecule has 0 heterocycles. The van der Waals surface area contributed by atoms with Gasteiger partial charge in [0.2, 0.25) is 5.78 Å². The van der Waals surface area contributed by atoms with E-state index in [-0.39, 0.29) is 22.8 Å². The summed E-state index contributed by atoms with van der Waals surface area (Å²) in [6, 6.07) is 5.16. The van der Waals surface area contributed by atoms with E-state index in [1.807, 2.05) is 0 Å². The Morgan fingerprint density at radius 2 is 1.86 bits per heavy atom. The molecule has 0 saturated carbocycles. The summed E-state index contributed by atoms with van der Waals surface area (Å²) in [7, 11) is 0. The molecule has 0 aliphatic heterocycles. The number of Topliss-reactive ketones (excluding diaryl/α,β-unsaturated/α-hetero) is 1. The summed E-state index contributed by atoms with van der Waals surface area (Å²) in [6.07, 6.45) is 0.472. The highest BCUT2D eigenvalue weighted by molar-refractivity contribution is 6.00. The van der Waals surface area contributed by atoms with E-state index in [1.54, 1.807) is 6.92 Å². The summed E-state index contributed by atoms with van der Waals surface area (Å²) in [6.45, 7) is 1.26. The fraction of sp³-hybridized carbons (Fsp3) is 0.188. The van der Waals surface area contributed by atoms with Crippen molar-refractivity contribution >= 4 is 5.78 Å². The van der Waals surface area contributed by atoms with Crippen molar-refractivity contribution in [2.75, 3.05) is 6.61 Å². The molecule has 0 radical (unpaired) electrons. The number of aryl methyl sites for hydroxylation is 1. The number of carbonyl (C=O) groups is 1. The molecule has 0 bridgehead atoms. The van der Waals surface area contributed by atoms with Gasteiger partial charge in [0.15, 0.2) is 18.2 Å². The first-order valence-electron chi connectivity index (χ1n) is 6.58. The zero-order valence-electron chi connectivity index (χ0n) is 11.8. The lowest BCUT2D eigenvalue weighted by atomic mass is 10.0. The first-order chi connectivity index (χ1) is 10.4. The average Bonchev–Trinajstić information content (AvgIpc) is 2.46. The van der Waals surface area contributed by atoms with E-state index < -0.39 is 24.0 Å². The Morgan fingerprint density at radius 3 is 2.50 bits per heavy atom. The molecule has 6 heteroatoms. The average molecular weight is 308 g/mol. The topological polar surface area (TPSA) is 66.8 Å². The molecule has 2 N–H and O–H groups in total. The molecule has 0 aromatic heterocycles. The number of benzene rings is 2. The zero-order valence-corrected chi connectivity index (χ0v) is 11.8. The quantitative estimate of drug-likeness (QED) is 0.832. The second kappa shape index (κ2) is 6.43. The number of carbonyl (C=O) groups excluding carboxylic acids is 1. The van der Waals surface area contributed by atoms with E-state index in [1.165, 1.54) is 6.07 Å². The van der Waals surface area contributed by atoms with Crippen molar-refractivity contribution in [3.63, 3.8) is 0 Å². The summed E-state index contributed by atoms with van der Waals surface area (Å²) < 4.78 is 31.2. The minimum atomic E-state index is -0.919. The van der Waals surface area contributed by atoms with Gasteiger partial charge in [-0.25, -0.2) is 8.78 Å². The van der Waals surface area contributed by atoms with Crippen LogP contribution in [0.15, 0.2) is 30.3 Å². The molecule has 22 heavy (non-hydrogen) atoms. The monoisotopic (exact) mass is 308 g/mol. The van der Waals surface area contributed by atoms with E-state index in [0.29, 0.717) is 18.1 Å². The fourth-order valence-corrected chi connectivity index (χ4v) is 1.94. The highest BCUT2D eigenvalue weighted by atomic mass is 19.1. The van der Waals surface area contributed by atoms with Crippen molar-refractivity contribution in [1.29, 1.82) is 0 Å². The fourth-order valence-electron chi connectivity index (χ4n) is 1.94. The molecule has 0 atom stereocenters. The van der Waals surface area contributed by atoms with Gasteiger partial charge in [-0.3, -0.25) is 4.79 Å². The van der Waals surface area contributed by atoms with Gasteiger partial charge in [0, 0.05) is 12.1 Å². The molecule has 2 rings (SSSR count). The Bertz CT molecular complexity index is 714. The number of ether oxygens (including phenoxy) is 1. The highest BCUT2D eigenvalue weighted by Gasteiger charge is 2.16. The molecule has 0 unspecified atom stereocenters. The molecule has 0 spiro atoms. The van der Waals surface area contributed by atoms with E-state index in [0.717, 1.165) is 18.2 Å². The second-order valence-electron chi connectivity index (χ2n) is 4.64. The van der Waals surface area contributed by atoms with Crippen LogP contribution in [0.4, 0.5) is 8.78 Å². The van der Waals surface area contributed by atoms with Crippen molar-refractivity contribution in [1.82, 2.24) is 0 Å². The number of phenols is 2. The molecular weight excluding hydrogens is 294 g/mol. The summed E-state index contributed by atoms with van der Waals surface area (Å²) >= 11 is 0. The first-order valence-corrected chi connectivity index (χ1v) is 6.58. The van der Waals surface area contributed by atoms with Gasteiger partial charge >= 0.3 is 0 Å². The van der Waals surface area contributed by atoms with Crippen LogP contribution in [0.2, 0.25) is 0 Å². The Hall–Kier alpha value is -2.63. The molecule has 0 aliphatic carbocycles. The number of phenolic OH excluding ortho intramolecular Hbond substituents is 2.